The summed E-state index contributed by atoms with van der Waals surface area (Å²) < 4.78 is 1.13. The van der Waals surface area contributed by atoms with Gasteiger partial charge in [0.15, 0.2) is 0 Å². The number of nitrogens with one attached hydrogen (secondary N) is 1. The Morgan fingerprint density at radius 3 is 2.79 bits per heavy atom. The van der Waals surface area contributed by atoms with Gasteiger partial charge >= 0.3 is 0 Å². The Morgan fingerprint density at radius 2 is 2.21 bits per heavy atom. The van der Waals surface area contributed by atoms with Gasteiger partial charge in [0.25, 0.3) is 0 Å². The van der Waals surface area contributed by atoms with Crippen LogP contribution in [0.25, 0.3) is 0 Å². The van der Waals surface area contributed by atoms with Crippen molar-refractivity contribution in [2.45, 2.75) is 26.5 Å². The molecule has 2 N–H and O–H groups in total. The highest BCUT2D eigenvalue weighted by Gasteiger charge is 1.98. The summed E-state index contributed by atoms with van der Waals surface area (Å²) in [6, 6.07) is 6.28. The smallest absolute Gasteiger partial charge is 0.0636 e. The van der Waals surface area contributed by atoms with Crippen molar-refractivity contribution in [1.82, 2.24) is 5.32 Å². The highest BCUT2D eigenvalue weighted by Crippen LogP contribution is 2.17. The second-order valence-corrected chi connectivity index (χ2v) is 4.42. The molecular weight excluding hydrogens is 242 g/mol. The molecule has 0 amide bonds. The van der Waals surface area contributed by atoms with E-state index in [0.29, 0.717) is 6.54 Å². The van der Waals surface area contributed by atoms with Gasteiger partial charge in [0.1, 0.15) is 0 Å². The van der Waals surface area contributed by atoms with Crippen LogP contribution in [0, 0.1) is 6.92 Å². The molecule has 1 aromatic rings. The van der Waals surface area contributed by atoms with Gasteiger partial charge in [-0.05, 0) is 31.0 Å². The van der Waals surface area contributed by atoms with Crippen molar-refractivity contribution in [2.75, 3.05) is 6.54 Å². The van der Waals surface area contributed by atoms with Gasteiger partial charge in [-0.3, -0.25) is 0 Å². The number of halogens is 1. The van der Waals surface area contributed by atoms with Gasteiger partial charge in [0.05, 0.1) is 6.10 Å². The summed E-state index contributed by atoms with van der Waals surface area (Å²) in [5, 5.41) is 12.2. The zero-order chi connectivity index (χ0) is 10.6. The molecule has 0 saturated heterocycles. The molecule has 0 fully saturated rings. The molecule has 1 aromatic carbocycles. The minimum Gasteiger partial charge on any atom is -0.392 e. The summed E-state index contributed by atoms with van der Waals surface area (Å²) in [4.78, 5) is 0. The van der Waals surface area contributed by atoms with Crippen LogP contribution in [0.1, 0.15) is 18.1 Å². The van der Waals surface area contributed by atoms with Crippen molar-refractivity contribution in [3.05, 3.63) is 33.8 Å². The largest absolute Gasteiger partial charge is 0.392 e. The fourth-order valence-electron chi connectivity index (χ4n) is 1.17. The first-order valence-corrected chi connectivity index (χ1v) is 5.52. The Morgan fingerprint density at radius 1 is 1.50 bits per heavy atom. The summed E-state index contributed by atoms with van der Waals surface area (Å²) in [5.74, 6) is 0. The molecule has 78 valence electrons. The third kappa shape index (κ3) is 3.78. The zero-order valence-electron chi connectivity index (χ0n) is 8.55. The van der Waals surface area contributed by atoms with E-state index in [2.05, 4.69) is 46.4 Å². The van der Waals surface area contributed by atoms with Crippen LogP contribution in [0.3, 0.4) is 0 Å². The number of hydrogen-bond acceptors (Lipinski definition) is 2. The quantitative estimate of drug-likeness (QED) is 0.868. The second-order valence-electron chi connectivity index (χ2n) is 3.56. The molecule has 0 unspecified atom stereocenters. The average molecular weight is 258 g/mol. The summed E-state index contributed by atoms with van der Waals surface area (Å²) in [7, 11) is 0. The van der Waals surface area contributed by atoms with Crippen LogP contribution in [-0.2, 0) is 6.54 Å². The molecule has 0 radical (unpaired) electrons. The van der Waals surface area contributed by atoms with Gasteiger partial charge in [0.2, 0.25) is 0 Å². The molecule has 1 rings (SSSR count). The van der Waals surface area contributed by atoms with Crippen molar-refractivity contribution in [1.29, 1.82) is 0 Å². The lowest BCUT2D eigenvalue weighted by Gasteiger charge is -2.07. The molecule has 0 aliphatic rings. The third-order valence-electron chi connectivity index (χ3n) is 2.01. The van der Waals surface area contributed by atoms with Gasteiger partial charge in [-0.15, -0.1) is 0 Å². The lowest BCUT2D eigenvalue weighted by atomic mass is 10.1. The Kier molecular flexibility index (Phi) is 4.58. The lowest BCUT2D eigenvalue weighted by molar-refractivity contribution is 0.191. The predicted octanol–water partition coefficient (Wildman–Crippen LogP) is 2.23. The maximum absolute atomic E-state index is 9.06. The number of aliphatic hydroxyl groups is 1. The molecule has 14 heavy (non-hydrogen) atoms. The van der Waals surface area contributed by atoms with Crippen LogP contribution in [0.4, 0.5) is 0 Å². The Balaban J connectivity index is 2.47. The van der Waals surface area contributed by atoms with E-state index in [4.69, 9.17) is 5.11 Å². The molecule has 0 heterocycles. The van der Waals surface area contributed by atoms with Crippen molar-refractivity contribution < 1.29 is 5.11 Å². The highest BCUT2D eigenvalue weighted by atomic mass is 79.9. The average Bonchev–Trinajstić information content (AvgIpc) is 2.10. The SMILES string of the molecule is Cc1ccc(CNC[C@H](C)O)cc1Br. The van der Waals surface area contributed by atoms with E-state index in [0.717, 1.165) is 11.0 Å². The minimum atomic E-state index is -0.288. The van der Waals surface area contributed by atoms with Crippen LogP contribution < -0.4 is 5.32 Å². The van der Waals surface area contributed by atoms with Gasteiger partial charge in [-0.25, -0.2) is 0 Å². The van der Waals surface area contributed by atoms with Gasteiger partial charge in [0, 0.05) is 17.6 Å². The first kappa shape index (κ1) is 11.7. The van der Waals surface area contributed by atoms with Crippen LogP contribution in [0.2, 0.25) is 0 Å². The molecular formula is C11H16BrNO. The number of aryl methyl sites for hydroxylation is 1. The fraction of sp³-hybridized carbons (Fsp3) is 0.455. The normalized spacial score (nSPS) is 12.9. The third-order valence-corrected chi connectivity index (χ3v) is 2.86. The minimum absolute atomic E-state index is 0.288. The molecule has 0 aliphatic heterocycles. The van der Waals surface area contributed by atoms with E-state index in [-0.39, 0.29) is 6.10 Å². The van der Waals surface area contributed by atoms with Crippen molar-refractivity contribution in [3.63, 3.8) is 0 Å². The summed E-state index contributed by atoms with van der Waals surface area (Å²) >= 11 is 3.49. The summed E-state index contributed by atoms with van der Waals surface area (Å²) in [6.45, 7) is 5.27. The topological polar surface area (TPSA) is 32.3 Å². The van der Waals surface area contributed by atoms with E-state index in [1.807, 2.05) is 0 Å². The van der Waals surface area contributed by atoms with Crippen LogP contribution in [0.5, 0.6) is 0 Å². The molecule has 0 aromatic heterocycles. The van der Waals surface area contributed by atoms with Crippen molar-refractivity contribution >= 4 is 15.9 Å². The number of rotatable bonds is 4. The lowest BCUT2D eigenvalue weighted by Crippen LogP contribution is -2.23. The predicted molar refractivity (Wildman–Crippen MR) is 62.3 cm³/mol. The van der Waals surface area contributed by atoms with Gasteiger partial charge < -0.3 is 10.4 Å². The monoisotopic (exact) mass is 257 g/mol. The molecule has 0 saturated carbocycles. The van der Waals surface area contributed by atoms with E-state index < -0.39 is 0 Å². The first-order valence-electron chi connectivity index (χ1n) is 4.73. The Labute approximate surface area is 93.5 Å². The standard InChI is InChI=1S/C11H16BrNO/c1-8-3-4-10(5-11(8)12)7-13-6-9(2)14/h3-5,9,13-14H,6-7H2,1-2H3/t9-/m0/s1. The number of aliphatic hydroxyl groups excluding tert-OH is 1. The van der Waals surface area contributed by atoms with Gasteiger partial charge in [-0.1, -0.05) is 28.1 Å². The summed E-state index contributed by atoms with van der Waals surface area (Å²) in [6.07, 6.45) is -0.288. The molecule has 2 nitrogen and oxygen atoms in total. The molecule has 0 bridgehead atoms. The van der Waals surface area contributed by atoms with E-state index in [1.54, 1.807) is 6.92 Å². The zero-order valence-corrected chi connectivity index (χ0v) is 10.1. The second kappa shape index (κ2) is 5.49. The van der Waals surface area contributed by atoms with E-state index in [9.17, 15) is 0 Å². The fourth-order valence-corrected chi connectivity index (χ4v) is 1.60. The molecule has 0 spiro atoms. The number of hydrogen-bond donors (Lipinski definition) is 2. The highest BCUT2D eigenvalue weighted by molar-refractivity contribution is 9.10. The first-order chi connectivity index (χ1) is 6.59. The number of benzene rings is 1. The maximum atomic E-state index is 9.06. The van der Waals surface area contributed by atoms with E-state index in [1.165, 1.54) is 11.1 Å². The molecule has 1 atom stereocenters. The van der Waals surface area contributed by atoms with Gasteiger partial charge in [-0.2, -0.15) is 0 Å². The van der Waals surface area contributed by atoms with Crippen molar-refractivity contribution in [2.24, 2.45) is 0 Å². The Bertz CT molecular complexity index is 299. The van der Waals surface area contributed by atoms with Crippen LogP contribution >= 0.6 is 15.9 Å². The maximum Gasteiger partial charge on any atom is 0.0636 e. The van der Waals surface area contributed by atoms with E-state index >= 15 is 0 Å². The Hall–Kier alpha value is -0.380. The van der Waals surface area contributed by atoms with Crippen LogP contribution in [-0.4, -0.2) is 17.8 Å². The summed E-state index contributed by atoms with van der Waals surface area (Å²) in [5.41, 5.74) is 2.47. The molecule has 0 aliphatic carbocycles. The molecule has 3 heteroatoms. The van der Waals surface area contributed by atoms with Crippen molar-refractivity contribution in [3.8, 4) is 0 Å². The van der Waals surface area contributed by atoms with Crippen LogP contribution in [0.15, 0.2) is 22.7 Å².